The molecule has 0 saturated carbocycles. The van der Waals surface area contributed by atoms with Crippen molar-refractivity contribution < 1.29 is 37.2 Å². The van der Waals surface area contributed by atoms with Gasteiger partial charge >= 0.3 is 18.1 Å². The summed E-state index contributed by atoms with van der Waals surface area (Å²) in [6, 6.07) is 5.30. The van der Waals surface area contributed by atoms with Crippen molar-refractivity contribution >= 4 is 28.5 Å². The van der Waals surface area contributed by atoms with Gasteiger partial charge in [-0.25, -0.2) is 9.78 Å². The van der Waals surface area contributed by atoms with E-state index in [1.807, 2.05) is 0 Å². The molecule has 1 aromatic heterocycles. The van der Waals surface area contributed by atoms with Crippen molar-refractivity contribution in [1.29, 1.82) is 0 Å². The van der Waals surface area contributed by atoms with Gasteiger partial charge in [-0.2, -0.15) is 13.2 Å². The van der Waals surface area contributed by atoms with Crippen LogP contribution in [0.3, 0.4) is 0 Å². The van der Waals surface area contributed by atoms with Crippen LogP contribution in [0.25, 0.3) is 10.9 Å². The summed E-state index contributed by atoms with van der Waals surface area (Å²) in [5, 5.41) is 13.1. The highest BCUT2D eigenvalue weighted by atomic mass is 19.4. The Bertz CT molecular complexity index is 916. The molecule has 2 aromatic rings. The number of nitrogens with one attached hydrogen (secondary N) is 1. The van der Waals surface area contributed by atoms with Crippen molar-refractivity contribution in [2.75, 3.05) is 20.3 Å². The maximum Gasteiger partial charge on any atom is 0.471 e. The zero-order valence-electron chi connectivity index (χ0n) is 14.4. The predicted octanol–water partition coefficient (Wildman–Crippen LogP) is 2.38. The number of fused-ring (bicyclic) bond motifs is 1. The molecule has 2 rings (SSSR count). The highest BCUT2D eigenvalue weighted by molar-refractivity contribution is 5.97. The van der Waals surface area contributed by atoms with Crippen molar-refractivity contribution in [3.63, 3.8) is 0 Å². The minimum Gasteiger partial charge on any atom is -0.493 e. The molecule has 0 aliphatic heterocycles. The lowest BCUT2D eigenvalue weighted by atomic mass is 10.1. The maximum atomic E-state index is 12.1. The molecule has 28 heavy (non-hydrogen) atoms. The topological polar surface area (TPSA) is 121 Å². The van der Waals surface area contributed by atoms with Crippen LogP contribution in [0.2, 0.25) is 0 Å². The molecule has 12 heteroatoms. The Morgan fingerprint density at radius 2 is 2.04 bits per heavy atom. The molecule has 0 bridgehead atoms. The molecule has 0 aliphatic carbocycles. The number of amides is 1. The van der Waals surface area contributed by atoms with E-state index in [1.165, 1.54) is 24.3 Å². The average Bonchev–Trinajstić information content (AvgIpc) is 2.65. The third-order valence-corrected chi connectivity index (χ3v) is 3.49. The summed E-state index contributed by atoms with van der Waals surface area (Å²) in [6.07, 6.45) is -4.95. The van der Waals surface area contributed by atoms with Crippen LogP contribution in [-0.2, 0) is 9.53 Å². The van der Waals surface area contributed by atoms with E-state index in [0.29, 0.717) is 0 Å². The fourth-order valence-corrected chi connectivity index (χ4v) is 2.23. The zero-order chi connectivity index (χ0) is 20.9. The molecule has 0 fully saturated rings. The molecule has 0 radical (unpaired) electrons. The monoisotopic (exact) mass is 401 g/mol. The van der Waals surface area contributed by atoms with Gasteiger partial charge in [0, 0.05) is 24.1 Å². The second-order valence-corrected chi connectivity index (χ2v) is 5.38. The first-order valence-electron chi connectivity index (χ1n) is 7.79. The highest BCUT2D eigenvalue weighted by Crippen LogP contribution is 2.31. The van der Waals surface area contributed by atoms with Crippen molar-refractivity contribution in [2.45, 2.75) is 12.6 Å². The van der Waals surface area contributed by atoms with E-state index in [2.05, 4.69) is 9.72 Å². The van der Waals surface area contributed by atoms with E-state index >= 15 is 0 Å². The first-order valence-corrected chi connectivity index (χ1v) is 7.79. The number of nitrogens with zero attached hydrogens (tertiary/aromatic N) is 2. The molecule has 1 aromatic carbocycles. The van der Waals surface area contributed by atoms with Crippen LogP contribution in [0.5, 0.6) is 5.75 Å². The Labute approximate surface area is 155 Å². The minimum absolute atomic E-state index is 0.0219. The third-order valence-electron chi connectivity index (χ3n) is 3.49. The summed E-state index contributed by atoms with van der Waals surface area (Å²) in [6.45, 7) is -0.425. The lowest BCUT2D eigenvalue weighted by molar-refractivity contribution is -0.383. The quantitative estimate of drug-likeness (QED) is 0.327. The standard InChI is InChI=1S/C16H14F3N3O6/c1-27-14(23)10-8-12(28-7-3-6-20-15(24)16(17,18)19)9-4-2-5-11(22(25)26)13(9)21-10/h2,4-5,8H,3,6-7H2,1H3,(H,20,24). The SMILES string of the molecule is COC(=O)c1cc(OCCCNC(=O)C(F)(F)F)c2cccc([N+](=O)[O-])c2n1. The molecule has 1 heterocycles. The van der Waals surface area contributed by atoms with Gasteiger partial charge in [-0.1, -0.05) is 6.07 Å². The Hall–Kier alpha value is -3.44. The smallest absolute Gasteiger partial charge is 0.471 e. The summed E-state index contributed by atoms with van der Waals surface area (Å²) in [5.74, 6) is -2.84. The van der Waals surface area contributed by atoms with E-state index in [4.69, 9.17) is 4.74 Å². The number of rotatable bonds is 7. The lowest BCUT2D eigenvalue weighted by Crippen LogP contribution is -2.37. The molecule has 0 aliphatic rings. The lowest BCUT2D eigenvalue weighted by Gasteiger charge is -2.12. The number of ether oxygens (including phenoxy) is 2. The van der Waals surface area contributed by atoms with E-state index in [-0.39, 0.29) is 47.6 Å². The van der Waals surface area contributed by atoms with Crippen molar-refractivity contribution in [3.05, 3.63) is 40.1 Å². The average molecular weight is 401 g/mol. The highest BCUT2D eigenvalue weighted by Gasteiger charge is 2.38. The Balaban J connectivity index is 2.21. The van der Waals surface area contributed by atoms with Crippen LogP contribution in [0.4, 0.5) is 18.9 Å². The van der Waals surface area contributed by atoms with Gasteiger partial charge in [-0.15, -0.1) is 0 Å². The predicted molar refractivity (Wildman–Crippen MR) is 88.9 cm³/mol. The number of para-hydroxylation sites is 1. The van der Waals surface area contributed by atoms with E-state index in [9.17, 15) is 32.9 Å². The number of hydrogen-bond donors (Lipinski definition) is 1. The van der Waals surface area contributed by atoms with Crippen LogP contribution in [0.15, 0.2) is 24.3 Å². The summed E-state index contributed by atoms with van der Waals surface area (Å²) < 4.78 is 46.3. The first kappa shape index (κ1) is 20.9. The minimum atomic E-state index is -4.98. The normalized spacial score (nSPS) is 11.1. The van der Waals surface area contributed by atoms with Crippen molar-refractivity contribution in [2.24, 2.45) is 0 Å². The molecule has 0 saturated heterocycles. The number of nitro benzene ring substituents is 1. The number of benzene rings is 1. The van der Waals surface area contributed by atoms with Crippen molar-refractivity contribution in [3.8, 4) is 5.75 Å². The molecule has 0 spiro atoms. The molecule has 0 atom stereocenters. The molecule has 1 N–H and O–H groups in total. The van der Waals surface area contributed by atoms with Crippen LogP contribution in [0, 0.1) is 10.1 Å². The zero-order valence-corrected chi connectivity index (χ0v) is 14.4. The molecule has 0 unspecified atom stereocenters. The van der Waals surface area contributed by atoms with Crippen LogP contribution in [-0.4, -0.2) is 48.2 Å². The van der Waals surface area contributed by atoms with Gasteiger partial charge in [0.15, 0.2) is 11.2 Å². The Morgan fingerprint density at radius 1 is 1.32 bits per heavy atom. The second kappa shape index (κ2) is 8.50. The largest absolute Gasteiger partial charge is 0.493 e. The number of carbonyl (C=O) groups excluding carboxylic acids is 2. The Morgan fingerprint density at radius 3 is 2.64 bits per heavy atom. The van der Waals surface area contributed by atoms with Gasteiger partial charge in [0.05, 0.1) is 18.6 Å². The van der Waals surface area contributed by atoms with E-state index < -0.39 is 23.0 Å². The number of non-ortho nitro benzene ring substituents is 1. The van der Waals surface area contributed by atoms with Gasteiger partial charge < -0.3 is 14.8 Å². The third kappa shape index (κ3) is 4.84. The summed E-state index contributed by atoms with van der Waals surface area (Å²) >= 11 is 0. The van der Waals surface area contributed by atoms with Gasteiger partial charge in [0.2, 0.25) is 0 Å². The molecule has 9 nitrogen and oxygen atoms in total. The van der Waals surface area contributed by atoms with Crippen LogP contribution >= 0.6 is 0 Å². The molecule has 150 valence electrons. The number of nitro groups is 1. The Kier molecular flexibility index (Phi) is 6.33. The van der Waals surface area contributed by atoms with E-state index in [1.54, 1.807) is 5.32 Å². The number of methoxy groups -OCH3 is 1. The summed E-state index contributed by atoms with van der Waals surface area (Å²) in [5.41, 5.74) is -0.689. The number of aromatic nitrogens is 1. The number of hydrogen-bond acceptors (Lipinski definition) is 7. The number of pyridine rings is 1. The molecular weight excluding hydrogens is 387 g/mol. The summed E-state index contributed by atoms with van der Waals surface area (Å²) in [4.78, 5) is 37.0. The van der Waals surface area contributed by atoms with Gasteiger partial charge in [-0.05, 0) is 12.5 Å². The molecule has 1 amide bonds. The first-order chi connectivity index (χ1) is 13.1. The van der Waals surface area contributed by atoms with E-state index in [0.717, 1.165) is 7.11 Å². The number of carbonyl (C=O) groups is 2. The number of halogens is 3. The second-order valence-electron chi connectivity index (χ2n) is 5.38. The van der Waals surface area contributed by atoms with Crippen molar-refractivity contribution in [1.82, 2.24) is 10.3 Å². The summed E-state index contributed by atoms with van der Waals surface area (Å²) in [7, 11) is 1.11. The van der Waals surface area contributed by atoms with Gasteiger partial charge in [0.1, 0.15) is 5.75 Å². The van der Waals surface area contributed by atoms with Gasteiger partial charge in [-0.3, -0.25) is 14.9 Å². The van der Waals surface area contributed by atoms with Crippen LogP contribution in [0.1, 0.15) is 16.9 Å². The number of alkyl halides is 3. The molecular formula is C16H14F3N3O6. The fourth-order valence-electron chi connectivity index (χ4n) is 2.23. The maximum absolute atomic E-state index is 12.1. The van der Waals surface area contributed by atoms with Crippen LogP contribution < -0.4 is 10.1 Å². The number of esters is 1. The fraction of sp³-hybridized carbons (Fsp3) is 0.312. The van der Waals surface area contributed by atoms with Gasteiger partial charge in [0.25, 0.3) is 5.69 Å².